The maximum atomic E-state index is 11.6. The van der Waals surface area contributed by atoms with Crippen molar-refractivity contribution in [3.05, 3.63) is 42.2 Å². The lowest BCUT2D eigenvalue weighted by Crippen LogP contribution is -2.10. The number of hydrogen-bond donors (Lipinski definition) is 1. The van der Waals surface area contributed by atoms with E-state index in [4.69, 9.17) is 9.47 Å². The molecule has 0 amide bonds. The highest BCUT2D eigenvalue weighted by Crippen LogP contribution is 2.19. The Hall–Kier alpha value is -2.47. The molecule has 0 aliphatic carbocycles. The molecule has 122 valence electrons. The molecule has 23 heavy (non-hydrogen) atoms. The molecule has 6 nitrogen and oxygen atoms in total. The van der Waals surface area contributed by atoms with Crippen LogP contribution < -0.4 is 5.32 Å². The van der Waals surface area contributed by atoms with Gasteiger partial charge in [0.15, 0.2) is 0 Å². The van der Waals surface area contributed by atoms with Gasteiger partial charge in [0.25, 0.3) is 0 Å². The monoisotopic (exact) mass is 315 g/mol. The van der Waals surface area contributed by atoms with Crippen LogP contribution in [-0.4, -0.2) is 42.8 Å². The number of nitrogens with one attached hydrogen (secondary N) is 1. The summed E-state index contributed by atoms with van der Waals surface area (Å²) in [6.45, 7) is 4.16. The number of pyridine rings is 2. The van der Waals surface area contributed by atoms with Crippen molar-refractivity contribution in [1.82, 2.24) is 9.97 Å². The molecular formula is C17H21N3O3. The zero-order valence-corrected chi connectivity index (χ0v) is 13.4. The molecule has 2 rings (SSSR count). The van der Waals surface area contributed by atoms with Crippen molar-refractivity contribution in [2.45, 2.75) is 13.3 Å². The number of rotatable bonds is 8. The van der Waals surface area contributed by atoms with Crippen LogP contribution in [-0.2, 0) is 9.47 Å². The minimum absolute atomic E-state index is 0.282. The van der Waals surface area contributed by atoms with E-state index in [-0.39, 0.29) is 5.69 Å². The molecule has 2 heterocycles. The van der Waals surface area contributed by atoms with Gasteiger partial charge in [-0.3, -0.25) is 0 Å². The van der Waals surface area contributed by atoms with Crippen molar-refractivity contribution >= 4 is 11.8 Å². The molecule has 6 heteroatoms. The zero-order valence-electron chi connectivity index (χ0n) is 13.4. The number of aromatic nitrogens is 2. The molecule has 0 saturated carbocycles. The first-order chi connectivity index (χ1) is 11.2. The molecule has 0 saturated heterocycles. The highest BCUT2D eigenvalue weighted by atomic mass is 16.5. The fraction of sp³-hybridized carbons (Fsp3) is 0.353. The Morgan fingerprint density at radius 3 is 2.91 bits per heavy atom. The molecule has 2 aromatic heterocycles. The van der Waals surface area contributed by atoms with Crippen LogP contribution in [0.4, 0.5) is 5.82 Å². The number of hydrogen-bond acceptors (Lipinski definition) is 6. The minimum atomic E-state index is -0.452. The summed E-state index contributed by atoms with van der Waals surface area (Å²) in [5, 5.41) is 3.21. The first-order valence-corrected chi connectivity index (χ1v) is 7.58. The second-order valence-electron chi connectivity index (χ2n) is 4.87. The Morgan fingerprint density at radius 2 is 2.13 bits per heavy atom. The molecule has 0 radical (unpaired) electrons. The molecule has 0 bridgehead atoms. The average Bonchev–Trinajstić information content (AvgIpc) is 2.61. The van der Waals surface area contributed by atoms with Gasteiger partial charge in [0.05, 0.1) is 19.4 Å². The molecule has 0 unspecified atom stereocenters. The third kappa shape index (κ3) is 5.03. The fourth-order valence-corrected chi connectivity index (χ4v) is 2.00. The van der Waals surface area contributed by atoms with Crippen LogP contribution in [0.15, 0.2) is 36.5 Å². The standard InChI is InChI=1S/C17H21N3O3/c1-3-10-23-11-9-19-16-12-13(7-8-18-16)14-5-4-6-15(20-14)17(21)22-2/h4-8,12H,3,9-11H2,1-2H3,(H,18,19). The van der Waals surface area contributed by atoms with Crippen LogP contribution in [0.25, 0.3) is 11.3 Å². The third-order valence-electron chi connectivity index (χ3n) is 3.10. The van der Waals surface area contributed by atoms with Gasteiger partial charge >= 0.3 is 5.97 Å². The minimum Gasteiger partial charge on any atom is -0.464 e. The summed E-state index contributed by atoms with van der Waals surface area (Å²) in [6, 6.07) is 8.99. The van der Waals surface area contributed by atoms with Gasteiger partial charge in [-0.2, -0.15) is 0 Å². The van der Waals surface area contributed by atoms with Crippen molar-refractivity contribution in [3.8, 4) is 11.3 Å². The maximum absolute atomic E-state index is 11.6. The normalized spacial score (nSPS) is 10.3. The highest BCUT2D eigenvalue weighted by Gasteiger charge is 2.09. The van der Waals surface area contributed by atoms with E-state index < -0.39 is 5.97 Å². The molecule has 0 atom stereocenters. The number of carbonyl (C=O) groups excluding carboxylic acids is 1. The van der Waals surface area contributed by atoms with E-state index in [1.165, 1.54) is 7.11 Å². The largest absolute Gasteiger partial charge is 0.464 e. The van der Waals surface area contributed by atoms with Crippen LogP contribution in [0.2, 0.25) is 0 Å². The fourth-order valence-electron chi connectivity index (χ4n) is 2.00. The molecule has 1 N–H and O–H groups in total. The van der Waals surface area contributed by atoms with E-state index in [1.54, 1.807) is 18.3 Å². The predicted molar refractivity (Wildman–Crippen MR) is 88.4 cm³/mol. The lowest BCUT2D eigenvalue weighted by atomic mass is 10.1. The van der Waals surface area contributed by atoms with Crippen LogP contribution in [0.3, 0.4) is 0 Å². The first-order valence-electron chi connectivity index (χ1n) is 7.58. The first kappa shape index (κ1) is 16.9. The van der Waals surface area contributed by atoms with Gasteiger partial charge in [0.1, 0.15) is 11.5 Å². The molecular weight excluding hydrogens is 294 g/mol. The van der Waals surface area contributed by atoms with E-state index in [0.29, 0.717) is 18.8 Å². The Kier molecular flexibility index (Phi) is 6.50. The van der Waals surface area contributed by atoms with Crippen molar-refractivity contribution < 1.29 is 14.3 Å². The average molecular weight is 315 g/mol. The van der Waals surface area contributed by atoms with Gasteiger partial charge < -0.3 is 14.8 Å². The molecule has 0 spiro atoms. The summed E-state index contributed by atoms with van der Waals surface area (Å²) in [5.41, 5.74) is 1.85. The van der Waals surface area contributed by atoms with Gasteiger partial charge in [0, 0.05) is 24.9 Å². The van der Waals surface area contributed by atoms with Crippen molar-refractivity contribution in [2.75, 3.05) is 32.2 Å². The zero-order chi connectivity index (χ0) is 16.5. The Bertz CT molecular complexity index is 646. The number of methoxy groups -OCH3 is 1. The van der Waals surface area contributed by atoms with Crippen molar-refractivity contribution in [2.24, 2.45) is 0 Å². The summed E-state index contributed by atoms with van der Waals surface area (Å²) in [4.78, 5) is 20.2. The summed E-state index contributed by atoms with van der Waals surface area (Å²) in [7, 11) is 1.34. The van der Waals surface area contributed by atoms with Crippen LogP contribution >= 0.6 is 0 Å². The Labute approximate surface area is 135 Å². The van der Waals surface area contributed by atoms with Crippen molar-refractivity contribution in [1.29, 1.82) is 0 Å². The van der Waals surface area contributed by atoms with Crippen molar-refractivity contribution in [3.63, 3.8) is 0 Å². The molecule has 0 aromatic carbocycles. The quantitative estimate of drug-likeness (QED) is 0.596. The van der Waals surface area contributed by atoms with Crippen LogP contribution in [0, 0.1) is 0 Å². The van der Waals surface area contributed by atoms with Gasteiger partial charge in [0.2, 0.25) is 0 Å². The maximum Gasteiger partial charge on any atom is 0.356 e. The third-order valence-corrected chi connectivity index (χ3v) is 3.10. The molecule has 0 aliphatic heterocycles. The second-order valence-corrected chi connectivity index (χ2v) is 4.87. The lowest BCUT2D eigenvalue weighted by molar-refractivity contribution is 0.0594. The molecule has 0 fully saturated rings. The molecule has 0 aliphatic rings. The van der Waals surface area contributed by atoms with E-state index in [9.17, 15) is 4.79 Å². The number of nitrogens with zero attached hydrogens (tertiary/aromatic N) is 2. The van der Waals surface area contributed by atoms with E-state index in [0.717, 1.165) is 24.4 Å². The van der Waals surface area contributed by atoms with Crippen LogP contribution in [0.5, 0.6) is 0 Å². The summed E-state index contributed by atoms with van der Waals surface area (Å²) < 4.78 is 10.1. The second kappa shape index (κ2) is 8.85. The number of esters is 1. The van der Waals surface area contributed by atoms with Gasteiger partial charge in [-0.25, -0.2) is 14.8 Å². The number of carbonyl (C=O) groups is 1. The van der Waals surface area contributed by atoms with Crippen LogP contribution in [0.1, 0.15) is 23.8 Å². The van der Waals surface area contributed by atoms with E-state index in [1.807, 2.05) is 18.2 Å². The van der Waals surface area contributed by atoms with Gasteiger partial charge in [-0.05, 0) is 30.7 Å². The highest BCUT2D eigenvalue weighted by molar-refractivity contribution is 5.87. The Balaban J connectivity index is 2.06. The summed E-state index contributed by atoms with van der Waals surface area (Å²) in [5.74, 6) is 0.292. The summed E-state index contributed by atoms with van der Waals surface area (Å²) >= 11 is 0. The van der Waals surface area contributed by atoms with Gasteiger partial charge in [-0.1, -0.05) is 13.0 Å². The predicted octanol–water partition coefficient (Wildman–Crippen LogP) is 2.77. The number of ether oxygens (including phenoxy) is 2. The van der Waals surface area contributed by atoms with E-state index >= 15 is 0 Å². The Morgan fingerprint density at radius 1 is 1.26 bits per heavy atom. The summed E-state index contributed by atoms with van der Waals surface area (Å²) in [6.07, 6.45) is 2.72. The SMILES string of the molecule is CCCOCCNc1cc(-c2cccc(C(=O)OC)n2)ccn1. The smallest absolute Gasteiger partial charge is 0.356 e. The van der Waals surface area contributed by atoms with E-state index in [2.05, 4.69) is 22.2 Å². The topological polar surface area (TPSA) is 73.3 Å². The molecule has 2 aromatic rings. The van der Waals surface area contributed by atoms with Gasteiger partial charge in [-0.15, -0.1) is 0 Å². The number of anilines is 1. The lowest BCUT2D eigenvalue weighted by Gasteiger charge is -2.08.